The second kappa shape index (κ2) is 6.16. The van der Waals surface area contributed by atoms with E-state index in [0.717, 1.165) is 49.8 Å². The summed E-state index contributed by atoms with van der Waals surface area (Å²) < 4.78 is 6.41. The second-order valence-corrected chi connectivity index (χ2v) is 8.64. The number of anilines is 1. The zero-order valence-electron chi connectivity index (χ0n) is 15.2. The molecule has 0 amide bonds. The van der Waals surface area contributed by atoms with Gasteiger partial charge in [0.15, 0.2) is 12.1 Å². The van der Waals surface area contributed by atoms with E-state index in [9.17, 15) is 5.21 Å². The normalized spacial score (nSPS) is 36.3. The standard InChI is InChI=1S/C19H28N5O2/c25-24-7-5-15(6-8-24)19(12-24)11-20-18(26-19)23-17-10-16(21-13-22-17)9-14-3-1-2-4-14/h10,13-15,25H,1-9,11-12H2,(H,20,21,22,23)/q+1/t15?,19-,24?/m0/s1. The van der Waals surface area contributed by atoms with Gasteiger partial charge < -0.3 is 4.74 Å². The summed E-state index contributed by atoms with van der Waals surface area (Å²) in [5, 5.41) is 13.9. The number of amidine groups is 1. The molecule has 0 radical (unpaired) electrons. The average Bonchev–Trinajstić information content (AvgIpc) is 3.26. The Kier molecular flexibility index (Phi) is 3.90. The molecule has 1 atom stereocenters. The monoisotopic (exact) mass is 358 g/mol. The van der Waals surface area contributed by atoms with E-state index in [4.69, 9.17) is 4.74 Å². The first-order chi connectivity index (χ1) is 12.6. The Hall–Kier alpha value is -1.73. The third-order valence-corrected chi connectivity index (χ3v) is 6.82. The number of hydrogen-bond acceptors (Lipinski definition) is 6. The minimum atomic E-state index is -0.340. The Bertz CT molecular complexity index is 710. The molecule has 1 aromatic heterocycles. The van der Waals surface area contributed by atoms with E-state index in [-0.39, 0.29) is 10.2 Å². The quantitative estimate of drug-likeness (QED) is 0.811. The molecule has 5 aliphatic rings. The van der Waals surface area contributed by atoms with Gasteiger partial charge in [-0.15, -0.1) is 0 Å². The highest BCUT2D eigenvalue weighted by Gasteiger charge is 2.59. The molecule has 5 heterocycles. The van der Waals surface area contributed by atoms with E-state index in [1.165, 1.54) is 25.7 Å². The molecular formula is C19H28N5O2+. The summed E-state index contributed by atoms with van der Waals surface area (Å²) in [6.07, 6.45) is 10.00. The predicted octanol–water partition coefficient (Wildman–Crippen LogP) is 2.38. The predicted molar refractivity (Wildman–Crippen MR) is 96.8 cm³/mol. The Labute approximate surface area is 154 Å². The van der Waals surface area contributed by atoms with Crippen molar-refractivity contribution in [3.63, 3.8) is 0 Å². The van der Waals surface area contributed by atoms with Crippen molar-refractivity contribution in [2.24, 2.45) is 16.8 Å². The summed E-state index contributed by atoms with van der Waals surface area (Å²) in [6.45, 7) is 2.95. The van der Waals surface area contributed by atoms with Gasteiger partial charge in [0.1, 0.15) is 25.2 Å². The van der Waals surface area contributed by atoms with E-state index in [1.807, 2.05) is 6.07 Å². The summed E-state index contributed by atoms with van der Waals surface area (Å²) in [7, 11) is 0. The van der Waals surface area contributed by atoms with E-state index >= 15 is 0 Å². The van der Waals surface area contributed by atoms with Crippen molar-refractivity contribution in [1.29, 1.82) is 0 Å². The van der Waals surface area contributed by atoms with Gasteiger partial charge in [-0.25, -0.2) is 20.2 Å². The van der Waals surface area contributed by atoms with Crippen LogP contribution in [0.5, 0.6) is 0 Å². The highest BCUT2D eigenvalue weighted by molar-refractivity contribution is 5.89. The number of aromatic nitrogens is 2. The van der Waals surface area contributed by atoms with Crippen LogP contribution in [-0.4, -0.2) is 57.6 Å². The maximum Gasteiger partial charge on any atom is 0.291 e. The number of hydrogen-bond donors (Lipinski definition) is 2. The van der Waals surface area contributed by atoms with Gasteiger partial charge in [-0.05, 0) is 12.3 Å². The molecule has 26 heavy (non-hydrogen) atoms. The number of nitrogens with one attached hydrogen (secondary N) is 1. The number of quaternary nitrogens is 1. The number of rotatable bonds is 3. The molecule has 1 aliphatic carbocycles. The molecule has 1 aromatic rings. The number of nitrogens with zero attached hydrogens (tertiary/aromatic N) is 4. The molecule has 2 bridgehead atoms. The van der Waals surface area contributed by atoms with Crippen molar-refractivity contribution in [3.8, 4) is 0 Å². The lowest BCUT2D eigenvalue weighted by molar-refractivity contribution is -1.12. The van der Waals surface area contributed by atoms with Crippen molar-refractivity contribution in [1.82, 2.24) is 9.97 Å². The third kappa shape index (κ3) is 2.97. The maximum absolute atomic E-state index is 10.7. The van der Waals surface area contributed by atoms with Crippen LogP contribution in [0.3, 0.4) is 0 Å². The molecular weight excluding hydrogens is 330 g/mol. The van der Waals surface area contributed by atoms with Gasteiger partial charge in [-0.1, -0.05) is 25.7 Å². The van der Waals surface area contributed by atoms with Gasteiger partial charge >= 0.3 is 0 Å². The van der Waals surface area contributed by atoms with Crippen molar-refractivity contribution in [3.05, 3.63) is 18.1 Å². The molecule has 1 spiro atoms. The first kappa shape index (κ1) is 16.4. The lowest BCUT2D eigenvalue weighted by Crippen LogP contribution is -2.69. The number of hydroxylamine groups is 3. The van der Waals surface area contributed by atoms with Crippen molar-refractivity contribution < 1.29 is 14.6 Å². The molecule has 3 saturated heterocycles. The highest BCUT2D eigenvalue weighted by Crippen LogP contribution is 2.43. The van der Waals surface area contributed by atoms with E-state index in [2.05, 4.69) is 20.3 Å². The zero-order valence-corrected chi connectivity index (χ0v) is 15.2. The van der Waals surface area contributed by atoms with Crippen LogP contribution in [0.1, 0.15) is 44.2 Å². The fraction of sp³-hybridized carbons (Fsp3) is 0.737. The van der Waals surface area contributed by atoms with Crippen molar-refractivity contribution in [2.45, 2.75) is 50.5 Å². The average molecular weight is 358 g/mol. The van der Waals surface area contributed by atoms with Gasteiger partial charge in [0.2, 0.25) is 0 Å². The maximum atomic E-state index is 10.7. The summed E-state index contributed by atoms with van der Waals surface area (Å²) in [5.74, 6) is 2.00. The lowest BCUT2D eigenvalue weighted by Gasteiger charge is -2.51. The van der Waals surface area contributed by atoms with Crippen LogP contribution in [0.4, 0.5) is 5.82 Å². The van der Waals surface area contributed by atoms with Crippen LogP contribution in [0.25, 0.3) is 0 Å². The zero-order chi connectivity index (χ0) is 17.6. The Morgan fingerprint density at radius 3 is 2.77 bits per heavy atom. The summed E-state index contributed by atoms with van der Waals surface area (Å²) >= 11 is 0. The number of fused-ring (bicyclic) bond motifs is 2. The van der Waals surface area contributed by atoms with Crippen LogP contribution in [0.2, 0.25) is 0 Å². The smallest absolute Gasteiger partial charge is 0.291 e. The van der Waals surface area contributed by atoms with Crippen LogP contribution >= 0.6 is 0 Å². The summed E-state index contributed by atoms with van der Waals surface area (Å²) in [6, 6.07) is 2.56. The molecule has 0 aromatic carbocycles. The molecule has 140 valence electrons. The second-order valence-electron chi connectivity index (χ2n) is 8.64. The molecule has 4 aliphatic heterocycles. The Morgan fingerprint density at radius 2 is 2.00 bits per heavy atom. The largest absolute Gasteiger partial charge is 0.450 e. The van der Waals surface area contributed by atoms with Crippen LogP contribution in [0, 0.1) is 11.8 Å². The van der Waals surface area contributed by atoms with Crippen molar-refractivity contribution >= 4 is 11.8 Å². The molecule has 1 saturated carbocycles. The topological polar surface area (TPSA) is 79.6 Å². The van der Waals surface area contributed by atoms with Gasteiger partial charge in [0, 0.05) is 30.5 Å². The highest BCUT2D eigenvalue weighted by atomic mass is 16.6. The summed E-state index contributed by atoms with van der Waals surface area (Å²) in [5.41, 5.74) is 0.748. The first-order valence-electron chi connectivity index (χ1n) is 10.0. The van der Waals surface area contributed by atoms with E-state index in [1.54, 1.807) is 6.33 Å². The molecule has 2 N–H and O–H groups in total. The van der Waals surface area contributed by atoms with E-state index < -0.39 is 0 Å². The van der Waals surface area contributed by atoms with Crippen LogP contribution in [-0.2, 0) is 11.2 Å². The number of aliphatic imine (C=N–C) groups is 1. The van der Waals surface area contributed by atoms with Gasteiger partial charge in [-0.3, -0.25) is 5.32 Å². The molecule has 0 unspecified atom stereocenters. The minimum Gasteiger partial charge on any atom is -0.450 e. The van der Waals surface area contributed by atoms with Gasteiger partial charge in [0.25, 0.3) is 6.02 Å². The lowest BCUT2D eigenvalue weighted by atomic mass is 9.75. The Balaban J connectivity index is 1.25. The molecule has 7 heteroatoms. The Morgan fingerprint density at radius 1 is 1.19 bits per heavy atom. The fourth-order valence-electron chi connectivity index (χ4n) is 5.38. The molecule has 7 nitrogen and oxygen atoms in total. The summed E-state index contributed by atoms with van der Waals surface area (Å²) in [4.78, 5) is 13.4. The first-order valence-corrected chi connectivity index (χ1v) is 10.0. The molecule has 4 fully saturated rings. The SMILES string of the molecule is O[N+]12CCC(CC1)[C@]1(CN=C(Nc3cc(CC4CCCC4)ncn3)O1)C2. The fourth-order valence-corrected chi connectivity index (χ4v) is 5.38. The van der Waals surface area contributed by atoms with Crippen molar-refractivity contribution in [2.75, 3.05) is 31.5 Å². The number of piperidine rings is 3. The van der Waals surface area contributed by atoms with Gasteiger partial charge in [-0.2, -0.15) is 4.65 Å². The van der Waals surface area contributed by atoms with E-state index in [0.29, 0.717) is 25.0 Å². The van der Waals surface area contributed by atoms with Crippen LogP contribution in [0.15, 0.2) is 17.4 Å². The minimum absolute atomic E-state index is 0.137. The molecule has 6 rings (SSSR count). The third-order valence-electron chi connectivity index (χ3n) is 6.82. The number of ether oxygens (including phenoxy) is 1. The van der Waals surface area contributed by atoms with Crippen LogP contribution < -0.4 is 5.32 Å². The van der Waals surface area contributed by atoms with Gasteiger partial charge in [0.05, 0.1) is 6.54 Å².